The van der Waals surface area contributed by atoms with Gasteiger partial charge in [0.15, 0.2) is 11.5 Å². The van der Waals surface area contributed by atoms with Gasteiger partial charge in [0.2, 0.25) is 0 Å². The molecule has 1 amide bonds. The lowest BCUT2D eigenvalue weighted by molar-refractivity contribution is -0.116. The zero-order chi connectivity index (χ0) is 17.1. The van der Waals surface area contributed by atoms with Crippen molar-refractivity contribution in [3.8, 4) is 11.5 Å². The topological polar surface area (TPSA) is 85.2 Å². The minimum atomic E-state index is -0.0573. The minimum absolute atomic E-state index is 0.0348. The summed E-state index contributed by atoms with van der Waals surface area (Å²) in [5.41, 5.74) is 3.71. The molecule has 0 unspecified atom stereocenters. The monoisotopic (exact) mass is 325 g/mol. The van der Waals surface area contributed by atoms with E-state index >= 15 is 0 Å². The van der Waals surface area contributed by atoms with Crippen molar-refractivity contribution in [3.05, 3.63) is 48.0 Å². The number of amides is 1. The molecule has 0 saturated heterocycles. The van der Waals surface area contributed by atoms with E-state index in [9.17, 15) is 4.79 Å². The Bertz CT molecular complexity index is 759. The maximum Gasteiger partial charge on any atom is 0.253 e. The summed E-state index contributed by atoms with van der Waals surface area (Å²) in [6.45, 7) is 2.75. The van der Waals surface area contributed by atoms with Crippen molar-refractivity contribution in [2.24, 2.45) is 5.10 Å². The van der Waals surface area contributed by atoms with Gasteiger partial charge in [0.1, 0.15) is 0 Å². The van der Waals surface area contributed by atoms with Crippen LogP contribution in [0.1, 0.15) is 18.9 Å². The van der Waals surface area contributed by atoms with Gasteiger partial charge in [-0.2, -0.15) is 5.10 Å². The molecule has 0 fully saturated rings. The number of hydrogen-bond acceptors (Lipinski definition) is 5. The molecule has 4 rings (SSSR count). The normalized spacial score (nSPS) is 15.3. The van der Waals surface area contributed by atoms with Crippen LogP contribution in [0.4, 0.5) is 11.4 Å². The summed E-state index contributed by atoms with van der Waals surface area (Å²) in [6, 6.07) is 12.6. The molecule has 0 aliphatic carbocycles. The van der Waals surface area contributed by atoms with Crippen LogP contribution in [-0.2, 0) is 11.2 Å². The number of fused-ring (bicyclic) bond motifs is 1. The van der Waals surface area contributed by atoms with Crippen LogP contribution >= 0.6 is 0 Å². The fraction of sp³-hybridized carbons (Fsp3) is 0.222. The number of phenols is 2. The number of nitrogens with one attached hydrogen (secondary N) is 1. The number of anilines is 2. The molecule has 0 spiro atoms. The number of carbonyl (C=O) groups excluding carboxylic acids is 1. The molecule has 0 aromatic heterocycles. The first-order valence-electron chi connectivity index (χ1n) is 7.75. The number of nitrogens with zero attached hydrogens (tertiary/aromatic N) is 2. The molecule has 0 radical (unpaired) electrons. The Hall–Kier alpha value is -3.02. The van der Waals surface area contributed by atoms with Gasteiger partial charge in [-0.25, -0.2) is 5.01 Å². The number of aromatic hydroxyl groups is 2. The van der Waals surface area contributed by atoms with Gasteiger partial charge in [-0.3, -0.25) is 4.79 Å². The molecule has 0 atom stereocenters. The number of benzene rings is 2. The van der Waals surface area contributed by atoms with E-state index < -0.39 is 0 Å². The van der Waals surface area contributed by atoms with Crippen molar-refractivity contribution >= 4 is 23.0 Å². The lowest BCUT2D eigenvalue weighted by atomic mass is 10.1. The molecule has 2 aromatic rings. The molecule has 6 nitrogen and oxygen atoms in total. The quantitative estimate of drug-likeness (QED) is 0.556. The van der Waals surface area contributed by atoms with Crippen LogP contribution < -0.4 is 10.3 Å². The van der Waals surface area contributed by atoms with Gasteiger partial charge >= 0.3 is 0 Å². The van der Waals surface area contributed by atoms with Gasteiger partial charge in [-0.1, -0.05) is 18.2 Å². The number of hydrazone groups is 1. The summed E-state index contributed by atoms with van der Waals surface area (Å²) in [7, 11) is 0. The van der Waals surface area contributed by atoms with Crippen molar-refractivity contribution in [2.45, 2.75) is 19.8 Å². The number of para-hydroxylation sites is 1. The molecular formula is C18H19N3O3. The van der Waals surface area contributed by atoms with E-state index in [0.29, 0.717) is 6.42 Å². The molecule has 0 saturated carbocycles. The van der Waals surface area contributed by atoms with Crippen LogP contribution in [0.25, 0.3) is 0 Å². The molecule has 2 aliphatic heterocycles. The lowest BCUT2D eigenvalue weighted by Crippen LogP contribution is -2.19. The Morgan fingerprint density at radius 2 is 1.83 bits per heavy atom. The van der Waals surface area contributed by atoms with Gasteiger partial charge in [0.05, 0.1) is 12.1 Å². The summed E-state index contributed by atoms with van der Waals surface area (Å²) in [5, 5.41) is 26.9. The fourth-order valence-electron chi connectivity index (χ4n) is 2.65. The fourth-order valence-corrected chi connectivity index (χ4v) is 2.65. The van der Waals surface area contributed by atoms with Crippen LogP contribution in [0.15, 0.2) is 47.6 Å². The summed E-state index contributed by atoms with van der Waals surface area (Å²) in [5.74, 6) is -0.0469. The highest BCUT2D eigenvalue weighted by Gasteiger charge is 2.21. The predicted octanol–water partition coefficient (Wildman–Crippen LogP) is 2.87. The Morgan fingerprint density at radius 3 is 2.50 bits per heavy atom. The van der Waals surface area contributed by atoms with Crippen LogP contribution in [0.3, 0.4) is 0 Å². The molecule has 24 heavy (non-hydrogen) atoms. The Labute approximate surface area is 140 Å². The third kappa shape index (κ3) is 3.32. The minimum Gasteiger partial charge on any atom is -0.504 e. The van der Waals surface area contributed by atoms with Gasteiger partial charge in [-0.05, 0) is 37.1 Å². The number of phenolic OH excluding ortho intramolecular Hbond substituents is 2. The van der Waals surface area contributed by atoms with Gasteiger partial charge in [0, 0.05) is 24.0 Å². The molecule has 2 aromatic carbocycles. The average molecular weight is 325 g/mol. The molecule has 3 N–H and O–H groups in total. The molecule has 124 valence electrons. The molecule has 2 heterocycles. The number of hydrogen-bond donors (Lipinski definition) is 3. The smallest absolute Gasteiger partial charge is 0.253 e. The number of rotatable bonds is 1. The largest absolute Gasteiger partial charge is 0.504 e. The van der Waals surface area contributed by atoms with Crippen LogP contribution in [0, 0.1) is 0 Å². The van der Waals surface area contributed by atoms with E-state index in [2.05, 4.69) is 10.4 Å². The summed E-state index contributed by atoms with van der Waals surface area (Å²) in [4.78, 5) is 11.4. The van der Waals surface area contributed by atoms with Crippen molar-refractivity contribution in [1.82, 2.24) is 0 Å². The van der Waals surface area contributed by atoms with Gasteiger partial charge in [-0.15, -0.1) is 0 Å². The zero-order valence-corrected chi connectivity index (χ0v) is 13.4. The Morgan fingerprint density at radius 1 is 1.12 bits per heavy atom. The van der Waals surface area contributed by atoms with Crippen LogP contribution in [-0.4, -0.2) is 28.4 Å². The van der Waals surface area contributed by atoms with E-state index in [4.69, 9.17) is 10.2 Å². The van der Waals surface area contributed by atoms with Crippen molar-refractivity contribution in [2.75, 3.05) is 16.9 Å². The first-order chi connectivity index (χ1) is 11.5. The third-order valence-corrected chi connectivity index (χ3v) is 3.82. The molecule has 2 aliphatic rings. The van der Waals surface area contributed by atoms with Crippen LogP contribution in [0.2, 0.25) is 0 Å². The highest BCUT2D eigenvalue weighted by atomic mass is 16.3. The van der Waals surface area contributed by atoms with E-state index in [1.165, 1.54) is 5.01 Å². The Balaban J connectivity index is 0.000000143. The highest BCUT2D eigenvalue weighted by molar-refractivity contribution is 6.12. The maximum atomic E-state index is 11.4. The summed E-state index contributed by atoms with van der Waals surface area (Å²) < 4.78 is 0. The molecule has 0 bridgehead atoms. The summed E-state index contributed by atoms with van der Waals surface area (Å²) in [6.07, 6.45) is 1.36. The average Bonchev–Trinajstić information content (AvgIpc) is 3.15. The zero-order valence-electron chi connectivity index (χ0n) is 13.4. The van der Waals surface area contributed by atoms with Crippen molar-refractivity contribution in [1.29, 1.82) is 0 Å². The lowest BCUT2D eigenvalue weighted by Gasteiger charge is -2.10. The van der Waals surface area contributed by atoms with E-state index in [1.54, 1.807) is 12.1 Å². The van der Waals surface area contributed by atoms with E-state index in [1.807, 2.05) is 37.3 Å². The molecular weight excluding hydrogens is 306 g/mol. The van der Waals surface area contributed by atoms with Gasteiger partial charge in [0.25, 0.3) is 5.91 Å². The Kier molecular flexibility index (Phi) is 4.37. The SMILES string of the molecule is CC1=NN(c2ccccc2)C(=O)C1.Oc1cc2c(cc1O)NCC2. The highest BCUT2D eigenvalue weighted by Crippen LogP contribution is 2.33. The standard InChI is InChI=1S/C10H10N2O.C8H9NO2/c1-8-7-10(13)12(11-8)9-5-3-2-4-6-9;10-7-3-5-1-2-9-6(5)4-8(7)11/h2-6H,7H2,1H3;3-4,9-11H,1-2H2. The number of carbonyl (C=O) groups is 1. The molecule has 6 heteroatoms. The van der Waals surface area contributed by atoms with Crippen molar-refractivity contribution < 1.29 is 15.0 Å². The van der Waals surface area contributed by atoms with Gasteiger partial charge < -0.3 is 15.5 Å². The van der Waals surface area contributed by atoms with E-state index in [-0.39, 0.29) is 17.4 Å². The second-order valence-electron chi connectivity index (χ2n) is 5.73. The first kappa shape index (κ1) is 15.9. The first-order valence-corrected chi connectivity index (χ1v) is 7.75. The summed E-state index contributed by atoms with van der Waals surface area (Å²) >= 11 is 0. The third-order valence-electron chi connectivity index (χ3n) is 3.82. The van der Waals surface area contributed by atoms with Crippen molar-refractivity contribution in [3.63, 3.8) is 0 Å². The second kappa shape index (κ2) is 6.62. The van der Waals surface area contributed by atoms with E-state index in [0.717, 1.165) is 35.6 Å². The predicted molar refractivity (Wildman–Crippen MR) is 93.6 cm³/mol. The van der Waals surface area contributed by atoms with Crippen LogP contribution in [0.5, 0.6) is 11.5 Å². The maximum absolute atomic E-state index is 11.4. The second-order valence-corrected chi connectivity index (χ2v) is 5.73.